The molecule has 0 unspecified atom stereocenters. The molecule has 0 saturated heterocycles. The predicted octanol–water partition coefficient (Wildman–Crippen LogP) is 4.24. The van der Waals surface area contributed by atoms with Gasteiger partial charge in [-0.2, -0.15) is 4.98 Å². The molecule has 154 valence electrons. The third-order valence-corrected chi connectivity index (χ3v) is 4.88. The van der Waals surface area contributed by atoms with Crippen LogP contribution < -0.4 is 15.6 Å². The first-order valence-corrected chi connectivity index (χ1v) is 9.66. The highest BCUT2D eigenvalue weighted by molar-refractivity contribution is 9.10. The zero-order valence-corrected chi connectivity index (χ0v) is 17.2. The summed E-state index contributed by atoms with van der Waals surface area (Å²) in [6.45, 7) is 0. The van der Waals surface area contributed by atoms with E-state index in [2.05, 4.69) is 41.7 Å². The minimum absolute atomic E-state index is 0.228. The normalized spacial score (nSPS) is 10.5. The molecule has 0 aliphatic carbocycles. The van der Waals surface area contributed by atoms with E-state index in [0.717, 1.165) is 16.2 Å². The highest BCUT2D eigenvalue weighted by atomic mass is 79.9. The number of hydrogen-bond donors (Lipinski definition) is 2. The molecule has 0 radical (unpaired) electrons. The van der Waals surface area contributed by atoms with Crippen LogP contribution in [0.5, 0.6) is 11.6 Å². The van der Waals surface area contributed by atoms with Gasteiger partial charge in [0.25, 0.3) is 5.91 Å². The molecule has 0 spiro atoms. The molecule has 0 aliphatic rings. The van der Waals surface area contributed by atoms with Crippen LogP contribution in [0.2, 0.25) is 0 Å². The Kier molecular flexibility index (Phi) is 5.67. The fourth-order valence-corrected chi connectivity index (χ4v) is 3.22. The number of nitrogens with zero attached hydrogens (tertiary/aromatic N) is 4. The van der Waals surface area contributed by atoms with Crippen molar-refractivity contribution in [2.24, 2.45) is 0 Å². The smallest absolute Gasteiger partial charge is 0.374 e. The zero-order chi connectivity index (χ0) is 21.8. The Bertz CT molecular complexity index is 1290. The molecule has 0 aliphatic heterocycles. The zero-order valence-electron chi connectivity index (χ0n) is 15.7. The Balaban J connectivity index is 1.65. The highest BCUT2D eigenvalue weighted by Gasteiger charge is 2.26. The van der Waals surface area contributed by atoms with E-state index in [1.165, 1.54) is 0 Å². The number of nitro groups is 1. The van der Waals surface area contributed by atoms with Gasteiger partial charge in [-0.15, -0.1) is 0 Å². The molecule has 0 atom stereocenters. The van der Waals surface area contributed by atoms with E-state index in [0.29, 0.717) is 11.1 Å². The van der Waals surface area contributed by atoms with Crippen molar-refractivity contribution in [1.82, 2.24) is 20.4 Å². The summed E-state index contributed by atoms with van der Waals surface area (Å²) in [7, 11) is 0. The van der Waals surface area contributed by atoms with Crippen LogP contribution in [0.25, 0.3) is 10.9 Å². The molecule has 11 heteroatoms. The summed E-state index contributed by atoms with van der Waals surface area (Å²) in [5, 5.41) is 12.5. The number of ether oxygens (including phenoxy) is 1. The van der Waals surface area contributed by atoms with Gasteiger partial charge < -0.3 is 4.74 Å². The Morgan fingerprint density at radius 1 is 1.03 bits per heavy atom. The maximum absolute atomic E-state index is 12.2. The van der Waals surface area contributed by atoms with Crippen molar-refractivity contribution in [2.45, 2.75) is 0 Å². The number of amides is 1. The van der Waals surface area contributed by atoms with Crippen LogP contribution in [0, 0.1) is 10.1 Å². The number of pyridine rings is 1. The summed E-state index contributed by atoms with van der Waals surface area (Å²) in [5.41, 5.74) is 5.18. The number of carbonyl (C=O) groups is 1. The van der Waals surface area contributed by atoms with Gasteiger partial charge in [0.1, 0.15) is 11.8 Å². The van der Waals surface area contributed by atoms with E-state index in [-0.39, 0.29) is 17.4 Å². The van der Waals surface area contributed by atoms with Crippen molar-refractivity contribution >= 4 is 44.2 Å². The Morgan fingerprint density at radius 2 is 1.84 bits per heavy atom. The molecule has 2 N–H and O–H groups in total. The first-order chi connectivity index (χ1) is 15.0. The third kappa shape index (κ3) is 4.26. The third-order valence-electron chi connectivity index (χ3n) is 4.19. The lowest BCUT2D eigenvalue weighted by Gasteiger charge is -2.11. The largest absolute Gasteiger partial charge is 0.431 e. The lowest BCUT2D eigenvalue weighted by atomic mass is 10.2. The number of rotatable bonds is 6. The standard InChI is InChI=1S/C20H13BrN6O4/c21-14-8-9-15(16-13(14)7-4-10-22-16)31-20-17(27(29)30)18(23-11-24-20)25-26-19(28)12-5-2-1-3-6-12/h1-11H,(H,26,28)(H,23,24,25). The summed E-state index contributed by atoms with van der Waals surface area (Å²) >= 11 is 3.44. The van der Waals surface area contributed by atoms with Crippen LogP contribution in [-0.2, 0) is 0 Å². The number of nitrogens with one attached hydrogen (secondary N) is 2. The summed E-state index contributed by atoms with van der Waals surface area (Å²) < 4.78 is 6.54. The van der Waals surface area contributed by atoms with Crippen LogP contribution in [0.3, 0.4) is 0 Å². The van der Waals surface area contributed by atoms with Gasteiger partial charge >= 0.3 is 11.6 Å². The second kappa shape index (κ2) is 8.71. The van der Waals surface area contributed by atoms with Crippen molar-refractivity contribution < 1.29 is 14.5 Å². The van der Waals surface area contributed by atoms with Gasteiger partial charge in [-0.25, -0.2) is 4.98 Å². The maximum atomic E-state index is 12.2. The van der Waals surface area contributed by atoms with E-state index >= 15 is 0 Å². The Labute approximate surface area is 183 Å². The van der Waals surface area contributed by atoms with Gasteiger partial charge in [-0.05, 0) is 30.3 Å². The minimum Gasteiger partial charge on any atom is -0.431 e. The van der Waals surface area contributed by atoms with Gasteiger partial charge in [-0.1, -0.05) is 40.2 Å². The first-order valence-electron chi connectivity index (χ1n) is 8.86. The summed E-state index contributed by atoms with van der Waals surface area (Å²) in [5.74, 6) is -0.738. The SMILES string of the molecule is O=C(NNc1ncnc(Oc2ccc(Br)c3cccnc23)c1[N+](=O)[O-])c1ccccc1. The lowest BCUT2D eigenvalue weighted by molar-refractivity contribution is -0.385. The van der Waals surface area contributed by atoms with Crippen LogP contribution in [0.1, 0.15) is 10.4 Å². The monoisotopic (exact) mass is 480 g/mol. The quantitative estimate of drug-likeness (QED) is 0.309. The van der Waals surface area contributed by atoms with Crippen molar-refractivity contribution in [3.05, 3.63) is 87.3 Å². The van der Waals surface area contributed by atoms with E-state index in [1.54, 1.807) is 54.7 Å². The predicted molar refractivity (Wildman–Crippen MR) is 116 cm³/mol. The molecule has 4 aromatic rings. The fourth-order valence-electron chi connectivity index (χ4n) is 2.77. The average molecular weight is 481 g/mol. The van der Waals surface area contributed by atoms with E-state index in [1.807, 2.05) is 6.07 Å². The molecule has 0 fully saturated rings. The maximum Gasteiger partial charge on any atom is 0.374 e. The van der Waals surface area contributed by atoms with Gasteiger partial charge in [0.05, 0.1) is 4.92 Å². The van der Waals surface area contributed by atoms with Crippen LogP contribution in [-0.4, -0.2) is 25.8 Å². The Hall–Kier alpha value is -4.12. The van der Waals surface area contributed by atoms with Gasteiger partial charge in [0, 0.05) is 21.6 Å². The molecule has 2 aromatic heterocycles. The van der Waals surface area contributed by atoms with Crippen molar-refractivity contribution in [3.63, 3.8) is 0 Å². The van der Waals surface area contributed by atoms with Crippen molar-refractivity contribution in [1.29, 1.82) is 0 Å². The molecule has 4 rings (SSSR count). The molecule has 2 aromatic carbocycles. The van der Waals surface area contributed by atoms with Gasteiger partial charge in [-0.3, -0.25) is 30.7 Å². The second-order valence-electron chi connectivity index (χ2n) is 6.13. The minimum atomic E-state index is -0.694. The molecule has 31 heavy (non-hydrogen) atoms. The number of carbonyl (C=O) groups excluding carboxylic acids is 1. The number of hydrazine groups is 1. The van der Waals surface area contributed by atoms with E-state index < -0.39 is 16.5 Å². The van der Waals surface area contributed by atoms with E-state index in [9.17, 15) is 14.9 Å². The summed E-state index contributed by atoms with van der Waals surface area (Å²) in [6.07, 6.45) is 2.68. The number of benzene rings is 2. The van der Waals surface area contributed by atoms with E-state index in [4.69, 9.17) is 4.74 Å². The summed E-state index contributed by atoms with van der Waals surface area (Å²) in [6, 6.07) is 15.3. The average Bonchev–Trinajstić information content (AvgIpc) is 2.80. The van der Waals surface area contributed by atoms with Crippen molar-refractivity contribution in [2.75, 3.05) is 5.43 Å². The van der Waals surface area contributed by atoms with Crippen molar-refractivity contribution in [3.8, 4) is 11.6 Å². The van der Waals surface area contributed by atoms with Gasteiger partial charge in [0.2, 0.25) is 5.82 Å². The van der Waals surface area contributed by atoms with Gasteiger partial charge in [0.15, 0.2) is 5.75 Å². The van der Waals surface area contributed by atoms with Crippen LogP contribution >= 0.6 is 15.9 Å². The molecule has 0 bridgehead atoms. The molecular weight excluding hydrogens is 468 g/mol. The number of hydrogen-bond acceptors (Lipinski definition) is 8. The number of aromatic nitrogens is 3. The second-order valence-corrected chi connectivity index (χ2v) is 6.98. The Morgan fingerprint density at radius 3 is 2.61 bits per heavy atom. The molecule has 0 saturated carbocycles. The topological polar surface area (TPSA) is 132 Å². The molecule has 2 heterocycles. The van der Waals surface area contributed by atoms with Crippen LogP contribution in [0.4, 0.5) is 11.5 Å². The number of halogens is 1. The molecular formula is C20H13BrN6O4. The molecule has 10 nitrogen and oxygen atoms in total. The highest BCUT2D eigenvalue weighted by Crippen LogP contribution is 2.37. The molecule has 1 amide bonds. The van der Waals surface area contributed by atoms with Crippen LogP contribution in [0.15, 0.2) is 71.6 Å². The number of fused-ring (bicyclic) bond motifs is 1. The lowest BCUT2D eigenvalue weighted by Crippen LogP contribution is -2.30. The fraction of sp³-hybridized carbons (Fsp3) is 0. The number of anilines is 1. The first kappa shape index (κ1) is 20.2. The summed E-state index contributed by atoms with van der Waals surface area (Å²) in [4.78, 5) is 35.3.